The van der Waals surface area contributed by atoms with Crippen molar-refractivity contribution < 1.29 is 17.9 Å². The van der Waals surface area contributed by atoms with E-state index >= 15 is 0 Å². The number of aryl methyl sites for hydroxylation is 1. The highest BCUT2D eigenvalue weighted by molar-refractivity contribution is 9.10. The van der Waals surface area contributed by atoms with E-state index in [0.717, 1.165) is 5.56 Å². The monoisotopic (exact) mass is 537 g/mol. The first-order chi connectivity index (χ1) is 16.1. The number of rotatable bonds is 4. The van der Waals surface area contributed by atoms with E-state index in [1.54, 1.807) is 18.2 Å². The highest BCUT2D eigenvalue weighted by atomic mass is 79.9. The highest BCUT2D eigenvalue weighted by Gasteiger charge is 2.31. The van der Waals surface area contributed by atoms with Crippen LogP contribution < -0.4 is 15.9 Å². The molecule has 34 heavy (non-hydrogen) atoms. The van der Waals surface area contributed by atoms with Crippen molar-refractivity contribution in [3.8, 4) is 5.75 Å². The topological polar surface area (TPSA) is 73.7 Å². The van der Waals surface area contributed by atoms with Crippen LogP contribution in [0.5, 0.6) is 5.75 Å². The fourth-order valence-corrected chi connectivity index (χ4v) is 4.54. The minimum atomic E-state index is -4.73. The van der Waals surface area contributed by atoms with Crippen LogP contribution in [0.15, 0.2) is 44.4 Å². The second-order valence-electron chi connectivity index (χ2n) is 7.99. The van der Waals surface area contributed by atoms with Gasteiger partial charge in [-0.2, -0.15) is 0 Å². The highest BCUT2D eigenvalue weighted by Crippen LogP contribution is 2.30. The van der Waals surface area contributed by atoms with E-state index in [1.165, 1.54) is 28.3 Å². The van der Waals surface area contributed by atoms with E-state index in [-0.39, 0.29) is 17.6 Å². The lowest BCUT2D eigenvalue weighted by molar-refractivity contribution is -0.274. The zero-order valence-corrected chi connectivity index (χ0v) is 19.6. The smallest absolute Gasteiger partial charge is 0.406 e. The molecule has 4 rings (SSSR count). The van der Waals surface area contributed by atoms with Crippen LogP contribution in [0, 0.1) is 6.57 Å². The van der Waals surface area contributed by atoms with Gasteiger partial charge in [0.15, 0.2) is 0 Å². The lowest BCUT2D eigenvalue weighted by Gasteiger charge is -2.32. The van der Waals surface area contributed by atoms with Crippen molar-refractivity contribution in [3.63, 3.8) is 0 Å². The molecule has 1 saturated heterocycles. The van der Waals surface area contributed by atoms with Gasteiger partial charge < -0.3 is 14.1 Å². The summed E-state index contributed by atoms with van der Waals surface area (Å²) in [5, 5.41) is 0. The van der Waals surface area contributed by atoms with Gasteiger partial charge in [-0.25, -0.2) is 0 Å². The molecule has 0 unspecified atom stereocenters. The molecule has 0 bridgehead atoms. The zero-order valence-electron chi connectivity index (χ0n) is 18.0. The Bertz CT molecular complexity index is 1390. The summed E-state index contributed by atoms with van der Waals surface area (Å²) in [6.07, 6.45) is -3.59. The molecule has 1 aliphatic heterocycles. The first-order valence-electron chi connectivity index (χ1n) is 10.3. The molecule has 3 aromatic rings. The van der Waals surface area contributed by atoms with Gasteiger partial charge in [0.05, 0.1) is 0 Å². The second kappa shape index (κ2) is 9.23. The van der Waals surface area contributed by atoms with E-state index in [1.807, 2.05) is 0 Å². The maximum atomic E-state index is 12.9. The van der Waals surface area contributed by atoms with Gasteiger partial charge in [0.1, 0.15) is 11.3 Å². The van der Waals surface area contributed by atoms with Crippen LogP contribution in [0.1, 0.15) is 24.4 Å². The molecule has 1 fully saturated rings. The summed E-state index contributed by atoms with van der Waals surface area (Å²) >= 11 is 3.28. The standard InChI is InChI=1S/C22H19BrF3N5O3/c1-27-18-16(23)11-17-19(28-18)31(21(33)20(32)29(17)2)14-7-9-30(10-8-14)12-13-3-5-15(6-4-13)34-22(24,25)26/h3-6,11,14H,7-10,12H2,2H3. The summed E-state index contributed by atoms with van der Waals surface area (Å²) in [4.78, 5) is 35.3. The normalized spacial score (nSPS) is 15.4. The Morgan fingerprint density at radius 2 is 1.82 bits per heavy atom. The molecule has 8 nitrogen and oxygen atoms in total. The van der Waals surface area contributed by atoms with Gasteiger partial charge in [0.25, 0.3) is 11.5 Å². The van der Waals surface area contributed by atoms with E-state index in [9.17, 15) is 22.8 Å². The fraction of sp³-hybridized carbons (Fsp3) is 0.364. The summed E-state index contributed by atoms with van der Waals surface area (Å²) < 4.78 is 44.0. The average Bonchev–Trinajstić information content (AvgIpc) is 2.79. The van der Waals surface area contributed by atoms with Crippen LogP contribution in [0.4, 0.5) is 19.0 Å². The summed E-state index contributed by atoms with van der Waals surface area (Å²) in [6.45, 7) is 9.07. The molecular formula is C22H19BrF3N5O3. The third-order valence-corrected chi connectivity index (χ3v) is 6.39. The number of halogens is 4. The predicted octanol–water partition coefficient (Wildman–Crippen LogP) is 4.14. The molecule has 1 aromatic carbocycles. The van der Waals surface area contributed by atoms with E-state index < -0.39 is 17.5 Å². The lowest BCUT2D eigenvalue weighted by atomic mass is 10.0. The minimum absolute atomic E-state index is 0.106. The van der Waals surface area contributed by atoms with Gasteiger partial charge >= 0.3 is 17.5 Å². The molecule has 178 valence electrons. The molecule has 0 N–H and O–H groups in total. The van der Waals surface area contributed by atoms with Crippen molar-refractivity contribution in [3.05, 3.63) is 72.5 Å². The Morgan fingerprint density at radius 1 is 1.18 bits per heavy atom. The number of fused-ring (bicyclic) bond motifs is 1. The predicted molar refractivity (Wildman–Crippen MR) is 122 cm³/mol. The number of likely N-dealkylation sites (tertiary alicyclic amines) is 1. The van der Waals surface area contributed by atoms with Crippen LogP contribution in [0.25, 0.3) is 16.0 Å². The maximum absolute atomic E-state index is 12.9. The first-order valence-corrected chi connectivity index (χ1v) is 11.1. The van der Waals surface area contributed by atoms with Crippen LogP contribution >= 0.6 is 15.9 Å². The number of benzene rings is 1. The Labute approximate surface area is 200 Å². The van der Waals surface area contributed by atoms with E-state index in [0.29, 0.717) is 48.1 Å². The Kier molecular flexibility index (Phi) is 6.51. The molecule has 12 heteroatoms. The molecule has 0 radical (unpaired) electrons. The number of nitrogens with zero attached hydrogens (tertiary/aromatic N) is 5. The Balaban J connectivity index is 1.53. The molecule has 0 aliphatic carbocycles. The fourth-order valence-electron chi connectivity index (χ4n) is 4.14. The minimum Gasteiger partial charge on any atom is -0.406 e. The van der Waals surface area contributed by atoms with Crippen molar-refractivity contribution in [2.75, 3.05) is 13.1 Å². The van der Waals surface area contributed by atoms with Gasteiger partial charge in [0, 0.05) is 37.2 Å². The molecule has 0 saturated carbocycles. The van der Waals surface area contributed by atoms with Crippen molar-refractivity contribution in [1.29, 1.82) is 0 Å². The van der Waals surface area contributed by atoms with Crippen LogP contribution in [-0.2, 0) is 13.6 Å². The quantitative estimate of drug-likeness (QED) is 0.369. The van der Waals surface area contributed by atoms with Crippen molar-refractivity contribution >= 4 is 32.9 Å². The van der Waals surface area contributed by atoms with Crippen LogP contribution in [0.2, 0.25) is 0 Å². The number of pyridine rings is 1. The largest absolute Gasteiger partial charge is 0.573 e. The maximum Gasteiger partial charge on any atom is 0.573 e. The summed E-state index contributed by atoms with van der Waals surface area (Å²) in [6, 6.07) is 7.07. The van der Waals surface area contributed by atoms with Gasteiger partial charge in [-0.05, 0) is 36.6 Å². The van der Waals surface area contributed by atoms with Crippen molar-refractivity contribution in [2.24, 2.45) is 7.05 Å². The zero-order chi connectivity index (χ0) is 24.6. The first kappa shape index (κ1) is 24.0. The molecule has 1 aliphatic rings. The average molecular weight is 538 g/mol. The van der Waals surface area contributed by atoms with Gasteiger partial charge in [-0.3, -0.25) is 19.1 Å². The third-order valence-electron chi connectivity index (χ3n) is 5.81. The lowest BCUT2D eigenvalue weighted by Crippen LogP contribution is -2.45. The van der Waals surface area contributed by atoms with Gasteiger partial charge in [-0.15, -0.1) is 13.2 Å². The van der Waals surface area contributed by atoms with Crippen molar-refractivity contribution in [1.82, 2.24) is 19.0 Å². The SMILES string of the molecule is [C-]#[N+]c1nc2c(cc1Br)n(C)c(=O)c(=O)n2C1CCN(Cc2ccc(OC(F)(F)F)cc2)CC1. The number of aromatic nitrogens is 3. The molecule has 0 amide bonds. The number of ether oxygens (including phenoxy) is 1. The van der Waals surface area contributed by atoms with E-state index in [2.05, 4.69) is 35.4 Å². The molecule has 3 heterocycles. The van der Waals surface area contributed by atoms with Gasteiger partial charge in [0.2, 0.25) is 0 Å². The third kappa shape index (κ3) is 4.85. The summed E-state index contributed by atoms with van der Waals surface area (Å²) in [5.74, 6) is -0.167. The molecular weight excluding hydrogens is 519 g/mol. The summed E-state index contributed by atoms with van der Waals surface area (Å²) in [7, 11) is 1.50. The number of piperidine rings is 1. The number of alkyl halides is 3. The second-order valence-corrected chi connectivity index (χ2v) is 8.84. The molecule has 2 aromatic heterocycles. The summed E-state index contributed by atoms with van der Waals surface area (Å²) in [5.41, 5.74) is 0.227. The van der Waals surface area contributed by atoms with E-state index in [4.69, 9.17) is 6.57 Å². The number of hydrogen-bond acceptors (Lipinski definition) is 5. The number of hydrogen-bond donors (Lipinski definition) is 0. The van der Waals surface area contributed by atoms with Crippen molar-refractivity contribution in [2.45, 2.75) is 31.8 Å². The van der Waals surface area contributed by atoms with Gasteiger partial charge in [-0.1, -0.05) is 39.6 Å². The Hall–Kier alpha value is -3.17. The molecule has 0 spiro atoms. The Morgan fingerprint density at radius 3 is 2.41 bits per heavy atom. The molecule has 0 atom stereocenters. The van der Waals surface area contributed by atoms with Crippen LogP contribution in [-0.4, -0.2) is 38.5 Å². The van der Waals surface area contributed by atoms with Crippen LogP contribution in [0.3, 0.4) is 0 Å².